The van der Waals surface area contributed by atoms with Crippen LogP contribution in [-0.4, -0.2) is 40.8 Å². The molecular weight excluding hydrogens is 456 g/mol. The van der Waals surface area contributed by atoms with Gasteiger partial charge in [-0.05, 0) is 47.2 Å². The molecule has 0 radical (unpaired) electrons. The normalized spacial score (nSPS) is 14.2. The van der Waals surface area contributed by atoms with E-state index in [1.807, 2.05) is 55.5 Å². The number of aromatic nitrogens is 6. The average molecular weight is 487 g/mol. The third-order valence-corrected chi connectivity index (χ3v) is 7.00. The summed E-state index contributed by atoms with van der Waals surface area (Å²) >= 11 is 0. The van der Waals surface area contributed by atoms with E-state index in [1.165, 1.54) is 0 Å². The topological polar surface area (TPSA) is 119 Å². The van der Waals surface area contributed by atoms with Gasteiger partial charge in [0.15, 0.2) is 5.69 Å². The van der Waals surface area contributed by atoms with E-state index >= 15 is 0 Å². The van der Waals surface area contributed by atoms with Crippen LogP contribution >= 0.6 is 0 Å². The predicted molar refractivity (Wildman–Crippen MR) is 136 cm³/mol. The highest BCUT2D eigenvalue weighted by molar-refractivity contribution is 5.87. The molecule has 2 aromatic carbocycles. The van der Waals surface area contributed by atoms with Gasteiger partial charge in [-0.15, -0.1) is 10.2 Å². The Balaban J connectivity index is 1.61. The first-order valence-corrected chi connectivity index (χ1v) is 12.6. The molecule has 1 saturated carbocycles. The van der Waals surface area contributed by atoms with Crippen LogP contribution in [0.3, 0.4) is 0 Å². The predicted octanol–water partition coefficient (Wildman–Crippen LogP) is 4.70. The zero-order valence-electron chi connectivity index (χ0n) is 20.4. The fourth-order valence-corrected chi connectivity index (χ4v) is 5.37. The first-order valence-electron chi connectivity index (χ1n) is 12.6. The third-order valence-electron chi connectivity index (χ3n) is 7.00. The number of aromatic amines is 1. The van der Waals surface area contributed by atoms with Crippen LogP contribution in [0.1, 0.15) is 73.2 Å². The van der Waals surface area contributed by atoms with Crippen molar-refractivity contribution in [3.05, 3.63) is 76.0 Å². The Labute approximate surface area is 208 Å². The van der Waals surface area contributed by atoms with Crippen LogP contribution in [0.4, 0.5) is 0 Å². The second-order valence-electron chi connectivity index (χ2n) is 9.36. The molecule has 1 aliphatic carbocycles. The maximum absolute atomic E-state index is 13.7. The Hall–Kier alpha value is -4.01. The zero-order valence-corrected chi connectivity index (χ0v) is 20.4. The number of rotatable bonds is 8. The van der Waals surface area contributed by atoms with Gasteiger partial charge in [-0.2, -0.15) is 5.21 Å². The number of nitrogens with zero attached hydrogens (tertiary/aromatic N) is 5. The highest BCUT2D eigenvalue weighted by atomic mass is 16.4. The Morgan fingerprint density at radius 1 is 1.08 bits per heavy atom. The SMILES string of the molecule is CCCc1c(C(=O)O)n(C2CCCCC2)c(=O)n1Cc1ccc(-c2ccccc2)c(-c2nn[nH]n2)c1. The van der Waals surface area contributed by atoms with Crippen LogP contribution < -0.4 is 5.69 Å². The van der Waals surface area contributed by atoms with Gasteiger partial charge in [0.2, 0.25) is 5.82 Å². The van der Waals surface area contributed by atoms with E-state index in [-0.39, 0.29) is 24.0 Å². The van der Waals surface area contributed by atoms with Gasteiger partial charge in [0, 0.05) is 11.6 Å². The van der Waals surface area contributed by atoms with Crippen LogP contribution in [0.15, 0.2) is 53.3 Å². The largest absolute Gasteiger partial charge is 0.477 e. The summed E-state index contributed by atoms with van der Waals surface area (Å²) in [6.45, 7) is 2.27. The quantitative estimate of drug-likeness (QED) is 0.373. The van der Waals surface area contributed by atoms with Crippen molar-refractivity contribution in [2.45, 2.75) is 64.5 Å². The summed E-state index contributed by atoms with van der Waals surface area (Å²) in [7, 11) is 0. The molecule has 2 aromatic heterocycles. The maximum atomic E-state index is 13.7. The number of hydrogen-bond acceptors (Lipinski definition) is 5. The number of hydrogen-bond donors (Lipinski definition) is 2. The summed E-state index contributed by atoms with van der Waals surface area (Å²) in [4.78, 5) is 26.1. The minimum absolute atomic E-state index is 0.0652. The van der Waals surface area contributed by atoms with Gasteiger partial charge in [0.1, 0.15) is 0 Å². The second-order valence-corrected chi connectivity index (χ2v) is 9.36. The molecule has 2 heterocycles. The number of tetrazole rings is 1. The summed E-state index contributed by atoms with van der Waals surface area (Å²) in [5, 5.41) is 24.8. The molecule has 186 valence electrons. The Bertz CT molecular complexity index is 1400. The molecule has 0 bridgehead atoms. The molecule has 9 heteroatoms. The standard InChI is InChI=1S/C27H30N6O3/c1-2-9-23-24(26(34)35)33(20-12-7-4-8-13-20)27(36)32(23)17-18-14-15-21(19-10-5-3-6-11-19)22(16-18)25-28-30-31-29-25/h3,5-6,10-11,14-16,20H,2,4,7-9,12-13,17H2,1H3,(H,34,35)(H,28,29,30,31). The number of nitrogens with one attached hydrogen (secondary N) is 1. The van der Waals surface area contributed by atoms with Gasteiger partial charge in [0.25, 0.3) is 0 Å². The van der Waals surface area contributed by atoms with Gasteiger partial charge < -0.3 is 5.11 Å². The molecule has 2 N–H and O–H groups in total. The third kappa shape index (κ3) is 4.48. The van der Waals surface area contributed by atoms with E-state index in [0.717, 1.165) is 60.8 Å². The number of benzene rings is 2. The van der Waals surface area contributed by atoms with E-state index < -0.39 is 5.97 Å². The molecule has 0 atom stereocenters. The van der Waals surface area contributed by atoms with Crippen molar-refractivity contribution in [1.29, 1.82) is 0 Å². The van der Waals surface area contributed by atoms with Crippen LogP contribution in [0.2, 0.25) is 0 Å². The molecule has 36 heavy (non-hydrogen) atoms. The minimum atomic E-state index is -1.04. The lowest BCUT2D eigenvalue weighted by Crippen LogP contribution is -2.30. The van der Waals surface area contributed by atoms with Crippen LogP contribution in [0.25, 0.3) is 22.5 Å². The highest BCUT2D eigenvalue weighted by Gasteiger charge is 2.29. The zero-order chi connectivity index (χ0) is 25.1. The summed E-state index contributed by atoms with van der Waals surface area (Å²) in [6.07, 6.45) is 6.10. The van der Waals surface area contributed by atoms with Crippen molar-refractivity contribution in [1.82, 2.24) is 29.8 Å². The van der Waals surface area contributed by atoms with Crippen molar-refractivity contribution >= 4 is 5.97 Å². The summed E-state index contributed by atoms with van der Waals surface area (Å²) in [5.74, 6) is -0.574. The number of carboxylic acids is 1. The van der Waals surface area contributed by atoms with Gasteiger partial charge in [0.05, 0.1) is 12.2 Å². The van der Waals surface area contributed by atoms with Crippen molar-refractivity contribution in [2.75, 3.05) is 0 Å². The molecular formula is C27H30N6O3. The van der Waals surface area contributed by atoms with E-state index in [1.54, 1.807) is 9.13 Å². The maximum Gasteiger partial charge on any atom is 0.354 e. The lowest BCUT2D eigenvalue weighted by Gasteiger charge is -2.23. The minimum Gasteiger partial charge on any atom is -0.477 e. The van der Waals surface area contributed by atoms with Gasteiger partial charge in [-0.1, -0.05) is 75.1 Å². The van der Waals surface area contributed by atoms with Gasteiger partial charge in [-0.25, -0.2) is 9.59 Å². The smallest absolute Gasteiger partial charge is 0.354 e. The van der Waals surface area contributed by atoms with Crippen molar-refractivity contribution in [3.63, 3.8) is 0 Å². The van der Waals surface area contributed by atoms with Gasteiger partial charge in [-0.3, -0.25) is 9.13 Å². The van der Waals surface area contributed by atoms with Gasteiger partial charge >= 0.3 is 11.7 Å². The molecule has 4 aromatic rings. The Morgan fingerprint density at radius 2 is 1.86 bits per heavy atom. The van der Waals surface area contributed by atoms with E-state index in [2.05, 4.69) is 20.6 Å². The molecule has 5 rings (SSSR count). The molecule has 1 fully saturated rings. The van der Waals surface area contributed by atoms with E-state index in [0.29, 0.717) is 17.9 Å². The first kappa shape index (κ1) is 23.7. The summed E-state index contributed by atoms with van der Waals surface area (Å²) in [5.41, 5.74) is 4.13. The first-order chi connectivity index (χ1) is 17.6. The van der Waals surface area contributed by atoms with Crippen molar-refractivity contribution in [2.24, 2.45) is 0 Å². The molecule has 0 saturated heterocycles. The molecule has 0 spiro atoms. The number of H-pyrrole nitrogens is 1. The number of imidazole rings is 1. The van der Waals surface area contributed by atoms with Crippen LogP contribution in [0, 0.1) is 0 Å². The lowest BCUT2D eigenvalue weighted by atomic mass is 9.95. The van der Waals surface area contributed by atoms with E-state index in [9.17, 15) is 14.7 Å². The fourth-order valence-electron chi connectivity index (χ4n) is 5.37. The monoisotopic (exact) mass is 486 g/mol. The highest BCUT2D eigenvalue weighted by Crippen LogP contribution is 2.32. The number of carbonyl (C=O) groups is 1. The molecule has 0 unspecified atom stereocenters. The van der Waals surface area contributed by atoms with Crippen molar-refractivity contribution < 1.29 is 9.90 Å². The molecule has 0 aliphatic heterocycles. The summed E-state index contributed by atoms with van der Waals surface area (Å²) < 4.78 is 3.21. The van der Waals surface area contributed by atoms with Crippen molar-refractivity contribution in [3.8, 4) is 22.5 Å². The molecule has 9 nitrogen and oxygen atoms in total. The Kier molecular flexibility index (Phi) is 6.79. The summed E-state index contributed by atoms with van der Waals surface area (Å²) in [6, 6.07) is 15.8. The Morgan fingerprint density at radius 3 is 2.53 bits per heavy atom. The average Bonchev–Trinajstić information content (AvgIpc) is 3.53. The number of aromatic carboxylic acids is 1. The fraction of sp³-hybridized carbons (Fsp3) is 0.370. The molecule has 0 amide bonds. The van der Waals surface area contributed by atoms with E-state index in [4.69, 9.17) is 0 Å². The number of carboxylic acid groups (broad SMARTS) is 1. The van der Waals surface area contributed by atoms with Crippen LogP contribution in [0.5, 0.6) is 0 Å². The van der Waals surface area contributed by atoms with Crippen LogP contribution in [-0.2, 0) is 13.0 Å². The lowest BCUT2D eigenvalue weighted by molar-refractivity contribution is 0.0678. The second kappa shape index (κ2) is 10.3. The molecule has 1 aliphatic rings.